The van der Waals surface area contributed by atoms with E-state index in [1.165, 1.54) is 30.2 Å². The zero-order chi connectivity index (χ0) is 14.6. The number of thioether (sulfide) groups is 1. The third-order valence-corrected chi connectivity index (χ3v) is 6.35. The van der Waals surface area contributed by atoms with Gasteiger partial charge in [0, 0.05) is 18.3 Å². The van der Waals surface area contributed by atoms with E-state index in [1.807, 2.05) is 0 Å². The van der Waals surface area contributed by atoms with Crippen LogP contribution in [0.3, 0.4) is 0 Å². The Kier molecular flexibility index (Phi) is 3.52. The van der Waals surface area contributed by atoms with Crippen molar-refractivity contribution in [3.63, 3.8) is 0 Å². The number of hydrogen-bond donors (Lipinski definition) is 0. The van der Waals surface area contributed by atoms with Gasteiger partial charge >= 0.3 is 0 Å². The van der Waals surface area contributed by atoms with Gasteiger partial charge in [0.1, 0.15) is 11.2 Å². The lowest BCUT2D eigenvalue weighted by molar-refractivity contribution is 0.439. The molecule has 1 aromatic heterocycles. The number of aliphatic imine (C=N–C) groups is 1. The lowest BCUT2D eigenvalue weighted by Gasteiger charge is -2.16. The Morgan fingerprint density at radius 3 is 3.14 bits per heavy atom. The van der Waals surface area contributed by atoms with Crippen molar-refractivity contribution in [3.8, 4) is 0 Å². The van der Waals surface area contributed by atoms with E-state index in [-0.39, 0.29) is 5.02 Å². The van der Waals surface area contributed by atoms with Gasteiger partial charge in [0.25, 0.3) is 0 Å². The van der Waals surface area contributed by atoms with Gasteiger partial charge in [-0.3, -0.25) is 0 Å². The van der Waals surface area contributed by atoms with Crippen LogP contribution < -0.4 is 0 Å². The molecule has 0 radical (unpaired) electrons. The van der Waals surface area contributed by atoms with Crippen LogP contribution in [0.25, 0.3) is 10.2 Å². The third-order valence-electron chi connectivity index (χ3n) is 3.76. The molecule has 2 fully saturated rings. The lowest BCUT2D eigenvalue weighted by Crippen LogP contribution is -2.27. The Bertz CT molecular complexity index is 761. The zero-order valence-electron chi connectivity index (χ0n) is 10.8. The van der Waals surface area contributed by atoms with Gasteiger partial charge in [-0.1, -0.05) is 46.3 Å². The van der Waals surface area contributed by atoms with E-state index < -0.39 is 5.82 Å². The molecule has 1 atom stereocenters. The Hall–Kier alpha value is -0.560. The average Bonchev–Trinajstić information content (AvgIpc) is 3.10. The summed E-state index contributed by atoms with van der Waals surface area (Å²) in [6.45, 7) is 0.998. The van der Waals surface area contributed by atoms with Crippen LogP contribution in [0.2, 0.25) is 9.49 Å². The van der Waals surface area contributed by atoms with Gasteiger partial charge in [0.2, 0.25) is 0 Å². The van der Waals surface area contributed by atoms with Crippen molar-refractivity contribution in [3.05, 3.63) is 21.4 Å². The van der Waals surface area contributed by atoms with E-state index in [9.17, 15) is 4.39 Å². The Balaban J connectivity index is 1.87. The molecule has 0 spiro atoms. The number of hydrogen-bond acceptors (Lipinski definition) is 4. The zero-order valence-corrected chi connectivity index (χ0v) is 13.9. The van der Waals surface area contributed by atoms with Crippen LogP contribution in [0.1, 0.15) is 12.8 Å². The van der Waals surface area contributed by atoms with E-state index in [2.05, 4.69) is 14.9 Å². The number of aromatic nitrogens is 1. The predicted octanol–water partition coefficient (Wildman–Crippen LogP) is 4.94. The number of amidine groups is 1. The summed E-state index contributed by atoms with van der Waals surface area (Å²) >= 11 is 14.9. The molecule has 21 heavy (non-hydrogen) atoms. The Morgan fingerprint density at radius 2 is 2.29 bits per heavy atom. The van der Waals surface area contributed by atoms with E-state index in [0.29, 0.717) is 26.4 Å². The highest BCUT2D eigenvalue weighted by Crippen LogP contribution is 2.41. The lowest BCUT2D eigenvalue weighted by atomic mass is 10.2. The summed E-state index contributed by atoms with van der Waals surface area (Å²) in [6, 6.07) is 1.81. The van der Waals surface area contributed by atoms with Crippen LogP contribution in [-0.2, 0) is 0 Å². The standard InChI is InChI=1S/C13H10Cl2FN3S2/c14-7-4-8(16)10(11-9(7)17-12(15)21-11)18-13-19-3-1-2-6(19)5-20-13/h4,6H,1-3,5H2. The Labute approximate surface area is 139 Å². The van der Waals surface area contributed by atoms with Crippen molar-refractivity contribution in [2.45, 2.75) is 18.9 Å². The molecule has 2 saturated heterocycles. The molecule has 0 bridgehead atoms. The molecule has 3 nitrogen and oxygen atoms in total. The summed E-state index contributed by atoms with van der Waals surface area (Å²) in [5.41, 5.74) is 0.822. The first-order valence-corrected chi connectivity index (χ1v) is 9.11. The van der Waals surface area contributed by atoms with Crippen molar-refractivity contribution >= 4 is 67.4 Å². The summed E-state index contributed by atoms with van der Waals surface area (Å²) in [4.78, 5) is 11.0. The van der Waals surface area contributed by atoms with E-state index in [1.54, 1.807) is 11.8 Å². The molecule has 0 aliphatic carbocycles. The van der Waals surface area contributed by atoms with Gasteiger partial charge < -0.3 is 4.90 Å². The van der Waals surface area contributed by atoms with Crippen LogP contribution >= 0.6 is 46.3 Å². The van der Waals surface area contributed by atoms with Crippen LogP contribution in [-0.4, -0.2) is 33.4 Å². The van der Waals surface area contributed by atoms with Gasteiger partial charge in [0.15, 0.2) is 15.5 Å². The van der Waals surface area contributed by atoms with Crippen molar-refractivity contribution < 1.29 is 4.39 Å². The molecule has 8 heteroatoms. The van der Waals surface area contributed by atoms with E-state index >= 15 is 0 Å². The van der Waals surface area contributed by atoms with Crippen molar-refractivity contribution in [1.82, 2.24) is 9.88 Å². The highest BCUT2D eigenvalue weighted by molar-refractivity contribution is 8.14. The maximum absolute atomic E-state index is 14.3. The van der Waals surface area contributed by atoms with Gasteiger partial charge in [-0.15, -0.1) is 0 Å². The van der Waals surface area contributed by atoms with E-state index in [0.717, 1.165) is 17.5 Å². The van der Waals surface area contributed by atoms with Crippen LogP contribution in [0.4, 0.5) is 10.1 Å². The maximum atomic E-state index is 14.3. The van der Waals surface area contributed by atoms with Crippen molar-refractivity contribution in [1.29, 1.82) is 0 Å². The largest absolute Gasteiger partial charge is 0.347 e. The molecular weight excluding hydrogens is 352 g/mol. The summed E-state index contributed by atoms with van der Waals surface area (Å²) in [5.74, 6) is 0.601. The number of halogens is 3. The SMILES string of the molecule is Fc1cc(Cl)c2nc(Cl)sc2c1N=C1SCC2CCCN12. The fourth-order valence-electron chi connectivity index (χ4n) is 2.78. The maximum Gasteiger partial charge on any atom is 0.184 e. The average molecular weight is 362 g/mol. The molecule has 4 rings (SSSR count). The first-order valence-electron chi connectivity index (χ1n) is 6.55. The summed E-state index contributed by atoms with van der Waals surface area (Å²) < 4.78 is 15.3. The van der Waals surface area contributed by atoms with E-state index in [4.69, 9.17) is 23.2 Å². The molecule has 110 valence electrons. The second-order valence-corrected chi connectivity index (χ2v) is 8.00. The minimum absolute atomic E-state index is 0.271. The highest BCUT2D eigenvalue weighted by Gasteiger charge is 2.34. The van der Waals surface area contributed by atoms with Crippen molar-refractivity contribution in [2.75, 3.05) is 12.3 Å². The molecule has 0 amide bonds. The van der Waals surface area contributed by atoms with Crippen molar-refractivity contribution in [2.24, 2.45) is 4.99 Å². The van der Waals surface area contributed by atoms with Gasteiger partial charge in [-0.25, -0.2) is 14.4 Å². The smallest absolute Gasteiger partial charge is 0.184 e. The fraction of sp³-hybridized carbons (Fsp3) is 0.385. The molecule has 2 aliphatic heterocycles. The first kappa shape index (κ1) is 14.1. The molecular formula is C13H10Cl2FN3S2. The van der Waals surface area contributed by atoms with Gasteiger partial charge in [-0.2, -0.15) is 0 Å². The quantitative estimate of drug-likeness (QED) is 0.719. The minimum atomic E-state index is -0.427. The monoisotopic (exact) mass is 361 g/mol. The van der Waals surface area contributed by atoms with Crippen LogP contribution in [0, 0.1) is 5.82 Å². The predicted molar refractivity (Wildman–Crippen MR) is 88.9 cm³/mol. The second-order valence-electron chi connectivity index (χ2n) is 5.03. The minimum Gasteiger partial charge on any atom is -0.347 e. The number of fused-ring (bicyclic) bond motifs is 2. The molecule has 2 aromatic rings. The summed E-state index contributed by atoms with van der Waals surface area (Å²) in [6.07, 6.45) is 2.37. The highest BCUT2D eigenvalue weighted by atomic mass is 35.5. The normalized spacial score (nSPS) is 23.5. The molecule has 1 aromatic carbocycles. The topological polar surface area (TPSA) is 28.5 Å². The number of thiazole rings is 1. The molecule has 3 heterocycles. The number of nitrogens with zero attached hydrogens (tertiary/aromatic N) is 3. The first-order chi connectivity index (χ1) is 10.1. The number of rotatable bonds is 1. The summed E-state index contributed by atoms with van der Waals surface area (Å²) in [7, 11) is 0. The van der Waals surface area contributed by atoms with Crippen LogP contribution in [0.5, 0.6) is 0 Å². The van der Waals surface area contributed by atoms with Gasteiger partial charge in [-0.05, 0) is 18.9 Å². The van der Waals surface area contributed by atoms with Crippen LogP contribution in [0.15, 0.2) is 11.1 Å². The molecule has 0 N–H and O–H groups in total. The molecule has 1 unspecified atom stereocenters. The summed E-state index contributed by atoms with van der Waals surface area (Å²) in [5, 5.41) is 1.16. The number of benzene rings is 1. The second kappa shape index (κ2) is 5.26. The molecule has 2 aliphatic rings. The third kappa shape index (κ3) is 2.32. The Morgan fingerprint density at radius 1 is 1.43 bits per heavy atom. The molecule has 0 saturated carbocycles. The fourth-order valence-corrected chi connectivity index (χ4v) is 5.44. The van der Waals surface area contributed by atoms with Gasteiger partial charge in [0.05, 0.1) is 9.72 Å².